The number of aromatic carboxylic acids is 1. The van der Waals surface area contributed by atoms with Crippen LogP contribution in [-0.4, -0.2) is 29.2 Å². The molecular weight excluding hydrogens is 362 g/mol. The van der Waals surface area contributed by atoms with Gasteiger partial charge in [0.1, 0.15) is 4.88 Å². The highest BCUT2D eigenvalue weighted by atomic mass is 35.5. The van der Waals surface area contributed by atoms with E-state index in [9.17, 15) is 14.7 Å². The molecule has 0 aliphatic heterocycles. The smallest absolute Gasteiger partial charge is 0.346 e. The predicted octanol–water partition coefficient (Wildman–Crippen LogP) is 4.92. The van der Waals surface area contributed by atoms with Crippen LogP contribution in [0, 0.1) is 0 Å². The van der Waals surface area contributed by atoms with Crippen molar-refractivity contribution in [2.75, 3.05) is 7.05 Å². The van der Waals surface area contributed by atoms with Crippen molar-refractivity contribution in [1.29, 1.82) is 0 Å². The summed E-state index contributed by atoms with van der Waals surface area (Å²) < 4.78 is 0. The Balaban J connectivity index is 0.00000101. The van der Waals surface area contributed by atoms with Gasteiger partial charge in [-0.05, 0) is 18.6 Å². The molecule has 0 aliphatic carbocycles. The molecule has 0 saturated heterocycles. The van der Waals surface area contributed by atoms with Gasteiger partial charge in [-0.1, -0.05) is 49.9 Å². The molecular formula is C18H22ClNO4S. The van der Waals surface area contributed by atoms with Crippen LogP contribution < -0.4 is 5.32 Å². The van der Waals surface area contributed by atoms with Gasteiger partial charge in [-0.25, -0.2) is 4.79 Å². The highest BCUT2D eigenvalue weighted by Gasteiger charge is 2.20. The quantitative estimate of drug-likeness (QED) is 0.582. The number of rotatable bonds is 7. The van der Waals surface area contributed by atoms with Crippen LogP contribution in [0.25, 0.3) is 11.6 Å². The van der Waals surface area contributed by atoms with Gasteiger partial charge >= 0.3 is 11.9 Å². The van der Waals surface area contributed by atoms with Crippen molar-refractivity contribution in [2.24, 2.45) is 0 Å². The van der Waals surface area contributed by atoms with Gasteiger partial charge in [-0.2, -0.15) is 0 Å². The third-order valence-corrected chi connectivity index (χ3v) is 4.73. The number of halogens is 1. The summed E-state index contributed by atoms with van der Waals surface area (Å²) in [5.41, 5.74) is 2.10. The topological polar surface area (TPSA) is 86.6 Å². The highest BCUT2D eigenvalue weighted by molar-refractivity contribution is 7.16. The monoisotopic (exact) mass is 383 g/mol. The lowest BCUT2D eigenvalue weighted by Crippen LogP contribution is -2.02. The molecule has 0 amide bonds. The third-order valence-electron chi connectivity index (χ3n) is 2.98. The molecule has 25 heavy (non-hydrogen) atoms. The van der Waals surface area contributed by atoms with Crippen LogP contribution in [-0.2, 0) is 4.79 Å². The van der Waals surface area contributed by atoms with Gasteiger partial charge in [0.25, 0.3) is 0 Å². The predicted molar refractivity (Wildman–Crippen MR) is 105 cm³/mol. The molecule has 0 aliphatic rings. The summed E-state index contributed by atoms with van der Waals surface area (Å²) in [5.74, 6) is -1.76. The van der Waals surface area contributed by atoms with E-state index in [4.69, 9.17) is 16.7 Å². The molecule has 0 radical (unpaired) electrons. The minimum atomic E-state index is -1.01. The number of hydrogen-bond acceptors (Lipinski definition) is 4. The molecule has 0 fully saturated rings. The molecule has 0 atom stereocenters. The van der Waals surface area contributed by atoms with E-state index in [0.717, 1.165) is 22.6 Å². The number of nitrogens with one attached hydrogen (secondary N) is 1. The molecule has 7 heteroatoms. The molecule has 0 bridgehead atoms. The van der Waals surface area contributed by atoms with Crippen molar-refractivity contribution < 1.29 is 19.8 Å². The molecule has 0 aromatic carbocycles. The molecule has 0 saturated carbocycles. The molecule has 1 aromatic heterocycles. The molecule has 3 N–H and O–H groups in total. The van der Waals surface area contributed by atoms with Crippen LogP contribution in [0.3, 0.4) is 0 Å². The third kappa shape index (κ3) is 6.60. The summed E-state index contributed by atoms with van der Waals surface area (Å²) in [6.45, 7) is 10.9. The summed E-state index contributed by atoms with van der Waals surface area (Å²) in [4.78, 5) is 21.4. The number of aliphatic carboxylic acids is 1. The van der Waals surface area contributed by atoms with Crippen LogP contribution in [0.4, 0.5) is 0 Å². The van der Waals surface area contributed by atoms with E-state index in [0.29, 0.717) is 15.5 Å². The van der Waals surface area contributed by atoms with Gasteiger partial charge in [0.15, 0.2) is 0 Å². The van der Waals surface area contributed by atoms with Gasteiger partial charge in [0.05, 0.1) is 9.90 Å². The first kappa shape index (κ1) is 22.7. The second kappa shape index (κ2) is 11.3. The van der Waals surface area contributed by atoms with Crippen LogP contribution in [0.1, 0.15) is 40.4 Å². The largest absolute Gasteiger partial charge is 0.481 e. The van der Waals surface area contributed by atoms with Crippen LogP contribution in [0.15, 0.2) is 37.1 Å². The molecule has 0 spiro atoms. The lowest BCUT2D eigenvalue weighted by molar-refractivity contribution is -0.136. The van der Waals surface area contributed by atoms with Crippen molar-refractivity contribution >= 4 is 46.5 Å². The second-order valence-corrected chi connectivity index (χ2v) is 5.94. The van der Waals surface area contributed by atoms with Crippen molar-refractivity contribution in [3.8, 4) is 0 Å². The summed E-state index contributed by atoms with van der Waals surface area (Å²) in [5, 5.41) is 20.3. The SMILES string of the molecule is C=C/C(=C\C(=C/C)NC)c1sc(C(=O)O)c(C=C)c1Cl.CCC(=O)O. The van der Waals surface area contributed by atoms with Crippen molar-refractivity contribution in [1.82, 2.24) is 5.32 Å². The van der Waals surface area contributed by atoms with Gasteiger partial charge in [0.2, 0.25) is 0 Å². The zero-order valence-corrected chi connectivity index (χ0v) is 16.0. The van der Waals surface area contributed by atoms with E-state index >= 15 is 0 Å². The molecule has 0 unspecified atom stereocenters. The summed E-state index contributed by atoms with van der Waals surface area (Å²) >= 11 is 7.38. The first-order valence-electron chi connectivity index (χ1n) is 7.35. The van der Waals surface area contributed by atoms with Gasteiger partial charge in [-0.15, -0.1) is 11.3 Å². The number of carboxylic acids is 2. The highest BCUT2D eigenvalue weighted by Crippen LogP contribution is 2.39. The fourth-order valence-electron chi connectivity index (χ4n) is 1.64. The van der Waals surface area contributed by atoms with Crippen molar-refractivity contribution in [3.05, 3.63) is 57.4 Å². The minimum Gasteiger partial charge on any atom is -0.481 e. The van der Waals surface area contributed by atoms with Gasteiger partial charge in [-0.3, -0.25) is 4.79 Å². The molecule has 1 aromatic rings. The summed E-state index contributed by atoms with van der Waals surface area (Å²) in [6, 6.07) is 0. The van der Waals surface area contributed by atoms with Gasteiger partial charge in [0, 0.05) is 24.7 Å². The zero-order valence-electron chi connectivity index (χ0n) is 14.4. The first-order valence-corrected chi connectivity index (χ1v) is 8.55. The Labute approximate surface area is 156 Å². The molecule has 1 heterocycles. The van der Waals surface area contributed by atoms with Crippen molar-refractivity contribution in [2.45, 2.75) is 20.3 Å². The van der Waals surface area contributed by atoms with Crippen molar-refractivity contribution in [3.63, 3.8) is 0 Å². The van der Waals surface area contributed by atoms with Crippen LogP contribution >= 0.6 is 22.9 Å². The van der Waals surface area contributed by atoms with Crippen LogP contribution in [0.2, 0.25) is 5.02 Å². The zero-order chi connectivity index (χ0) is 19.6. The number of carbonyl (C=O) groups is 2. The molecule has 1 rings (SSSR count). The Morgan fingerprint density at radius 2 is 1.84 bits per heavy atom. The van der Waals surface area contributed by atoms with E-state index < -0.39 is 11.9 Å². The molecule has 5 nitrogen and oxygen atoms in total. The minimum absolute atomic E-state index is 0.180. The second-order valence-electron chi connectivity index (χ2n) is 4.54. The van der Waals surface area contributed by atoms with E-state index in [1.54, 1.807) is 20.0 Å². The normalized spacial score (nSPS) is 11.2. The molecule has 136 valence electrons. The Bertz CT molecular complexity index is 717. The standard InChI is InChI=1S/C15H16ClNO2S.C3H6O2/c1-5-9(8-10(6-2)17-4)13-12(16)11(7-3)14(20-13)15(18)19;1-2-3(4)5/h5-8,17H,1,3H2,2,4H3,(H,18,19);2H2,1H3,(H,4,5)/b9-8+,10-6+;. The Kier molecular flexibility index (Phi) is 10.2. The maximum Gasteiger partial charge on any atom is 0.346 e. The summed E-state index contributed by atoms with van der Waals surface area (Å²) in [7, 11) is 1.81. The Morgan fingerprint density at radius 3 is 2.12 bits per heavy atom. The van der Waals surface area contributed by atoms with Crippen LogP contribution in [0.5, 0.6) is 0 Å². The fourth-order valence-corrected chi connectivity index (χ4v) is 3.13. The van der Waals surface area contributed by atoms with E-state index in [1.165, 1.54) is 6.08 Å². The Hall–Kier alpha value is -2.31. The lowest BCUT2D eigenvalue weighted by Gasteiger charge is -2.04. The fraction of sp³-hybridized carbons (Fsp3) is 0.222. The van der Waals surface area contributed by atoms with E-state index in [1.807, 2.05) is 19.1 Å². The number of hydrogen-bond donors (Lipinski definition) is 3. The average molecular weight is 384 g/mol. The maximum atomic E-state index is 11.2. The number of allylic oxidation sites excluding steroid dienone is 4. The maximum absolute atomic E-state index is 11.2. The van der Waals surface area contributed by atoms with Gasteiger partial charge < -0.3 is 15.5 Å². The van der Waals surface area contributed by atoms with E-state index in [-0.39, 0.29) is 11.3 Å². The number of carboxylic acid groups (broad SMARTS) is 2. The first-order chi connectivity index (χ1) is 11.8. The summed E-state index contributed by atoms with van der Waals surface area (Å²) in [6.07, 6.45) is 7.10. The van der Waals surface area contributed by atoms with E-state index in [2.05, 4.69) is 18.5 Å². The number of thiophene rings is 1. The average Bonchev–Trinajstić information content (AvgIpc) is 2.93. The lowest BCUT2D eigenvalue weighted by atomic mass is 10.1. The Morgan fingerprint density at radius 1 is 1.28 bits per heavy atom. The number of likely N-dealkylation sites (N-methyl/N-ethyl adjacent to an activating group) is 1.